The lowest BCUT2D eigenvalue weighted by Gasteiger charge is -2.09. The van der Waals surface area contributed by atoms with Crippen LogP contribution in [0.25, 0.3) is 0 Å². The molecule has 16 heavy (non-hydrogen) atoms. The average molecular weight is 352 g/mol. The van der Waals surface area contributed by atoms with Gasteiger partial charge in [-0.2, -0.15) is 0 Å². The lowest BCUT2D eigenvalue weighted by Crippen LogP contribution is -2.21. The normalized spacial score (nSPS) is 12.2. The maximum absolute atomic E-state index is 11.1. The highest BCUT2D eigenvalue weighted by atomic mass is 79.9. The molecule has 1 unspecified atom stereocenters. The zero-order valence-corrected chi connectivity index (χ0v) is 12.0. The molecule has 0 saturated carbocycles. The van der Waals surface area contributed by atoms with Gasteiger partial charge in [-0.05, 0) is 11.6 Å². The number of benzene rings is 1. The average Bonchev–Trinajstić information content (AvgIpc) is 2.30. The number of esters is 1. The van der Waals surface area contributed by atoms with E-state index in [4.69, 9.17) is 4.74 Å². The Hall–Kier alpha value is -0.390. The smallest absolute Gasteiger partial charge is 0.321 e. The van der Waals surface area contributed by atoms with Crippen molar-refractivity contribution in [2.45, 2.75) is 11.4 Å². The highest BCUT2D eigenvalue weighted by Crippen LogP contribution is 2.17. The van der Waals surface area contributed by atoms with Gasteiger partial charge in [-0.15, -0.1) is 0 Å². The Balaban J connectivity index is 2.36. The van der Waals surface area contributed by atoms with E-state index in [1.54, 1.807) is 0 Å². The van der Waals surface area contributed by atoms with E-state index in [2.05, 4.69) is 36.6 Å². The molecule has 0 radical (unpaired) electrons. The van der Waals surface area contributed by atoms with Crippen LogP contribution in [0.2, 0.25) is 0 Å². The Morgan fingerprint density at radius 3 is 2.75 bits per heavy atom. The molecule has 5 heteroatoms. The van der Waals surface area contributed by atoms with Crippen LogP contribution < -0.4 is 0 Å². The van der Waals surface area contributed by atoms with E-state index in [0.29, 0.717) is 6.61 Å². The minimum Gasteiger partial charge on any atom is -0.468 e. The van der Waals surface area contributed by atoms with Gasteiger partial charge < -0.3 is 9.47 Å². The van der Waals surface area contributed by atoms with Crippen LogP contribution in [0.3, 0.4) is 0 Å². The van der Waals surface area contributed by atoms with Gasteiger partial charge in [0.05, 0.1) is 20.3 Å². The monoisotopic (exact) mass is 350 g/mol. The molecule has 3 nitrogen and oxygen atoms in total. The lowest BCUT2D eigenvalue weighted by molar-refractivity contribution is -0.141. The first kappa shape index (κ1) is 13.7. The van der Waals surface area contributed by atoms with Crippen molar-refractivity contribution in [2.75, 3.05) is 13.7 Å². The maximum Gasteiger partial charge on any atom is 0.321 e. The summed E-state index contributed by atoms with van der Waals surface area (Å²) in [4.78, 5) is 10.6. The van der Waals surface area contributed by atoms with E-state index in [-0.39, 0.29) is 12.6 Å². The number of methoxy groups -OCH3 is 1. The second kappa shape index (κ2) is 7.04. The van der Waals surface area contributed by atoms with E-state index >= 15 is 0 Å². The molecule has 0 aromatic heterocycles. The van der Waals surface area contributed by atoms with Crippen molar-refractivity contribution in [3.05, 3.63) is 34.3 Å². The van der Waals surface area contributed by atoms with Crippen molar-refractivity contribution < 1.29 is 14.3 Å². The minimum absolute atomic E-state index is 0.286. The van der Waals surface area contributed by atoms with Crippen LogP contribution in [0, 0.1) is 0 Å². The van der Waals surface area contributed by atoms with Gasteiger partial charge in [0.2, 0.25) is 0 Å². The molecule has 0 N–H and O–H groups in total. The zero-order chi connectivity index (χ0) is 12.0. The summed E-state index contributed by atoms with van der Waals surface area (Å²) < 4.78 is 11.0. The predicted molar refractivity (Wildman–Crippen MR) is 68.5 cm³/mol. The number of carbonyl (C=O) groups is 1. The molecular weight excluding hydrogens is 340 g/mol. The van der Waals surface area contributed by atoms with Crippen molar-refractivity contribution in [1.29, 1.82) is 0 Å². The third kappa shape index (κ3) is 4.23. The fourth-order valence-electron chi connectivity index (χ4n) is 1.08. The van der Waals surface area contributed by atoms with E-state index in [1.165, 1.54) is 7.11 Å². The Bertz CT molecular complexity index is 355. The SMILES string of the molecule is COC(=O)C(Br)COCc1ccccc1Br. The lowest BCUT2D eigenvalue weighted by atomic mass is 10.2. The van der Waals surface area contributed by atoms with Crippen molar-refractivity contribution in [3.8, 4) is 0 Å². The maximum atomic E-state index is 11.1. The van der Waals surface area contributed by atoms with Crippen LogP contribution in [0.4, 0.5) is 0 Å². The van der Waals surface area contributed by atoms with E-state index < -0.39 is 4.83 Å². The largest absolute Gasteiger partial charge is 0.468 e. The molecule has 88 valence electrons. The number of ether oxygens (including phenoxy) is 2. The van der Waals surface area contributed by atoms with Gasteiger partial charge in [-0.3, -0.25) is 4.79 Å². The van der Waals surface area contributed by atoms with E-state index in [0.717, 1.165) is 10.0 Å². The third-order valence-corrected chi connectivity index (χ3v) is 3.35. The second-order valence-electron chi connectivity index (χ2n) is 3.10. The van der Waals surface area contributed by atoms with Crippen LogP contribution >= 0.6 is 31.9 Å². The summed E-state index contributed by atoms with van der Waals surface area (Å²) in [6.07, 6.45) is 0. The highest BCUT2D eigenvalue weighted by Gasteiger charge is 2.15. The van der Waals surface area contributed by atoms with Gasteiger partial charge in [-0.1, -0.05) is 50.1 Å². The van der Waals surface area contributed by atoms with Gasteiger partial charge in [0.25, 0.3) is 0 Å². The first-order valence-corrected chi connectivity index (χ1v) is 6.39. The summed E-state index contributed by atoms with van der Waals surface area (Å²) in [6, 6.07) is 7.79. The van der Waals surface area contributed by atoms with E-state index in [9.17, 15) is 4.79 Å². The second-order valence-corrected chi connectivity index (χ2v) is 5.06. The fourth-order valence-corrected chi connectivity index (χ4v) is 1.86. The first-order valence-electron chi connectivity index (χ1n) is 4.68. The standard InChI is InChI=1S/C11H12Br2O3/c1-15-11(14)10(13)7-16-6-8-4-2-3-5-9(8)12/h2-5,10H,6-7H2,1H3. The van der Waals surface area contributed by atoms with Gasteiger partial charge in [0.15, 0.2) is 0 Å². The quantitative estimate of drug-likeness (QED) is 0.604. The van der Waals surface area contributed by atoms with Gasteiger partial charge >= 0.3 is 5.97 Å². The van der Waals surface area contributed by atoms with Crippen molar-refractivity contribution in [3.63, 3.8) is 0 Å². The number of carbonyl (C=O) groups excluding carboxylic acids is 1. The molecule has 0 saturated heterocycles. The summed E-state index contributed by atoms with van der Waals surface area (Å²) >= 11 is 6.61. The number of rotatable bonds is 5. The van der Waals surface area contributed by atoms with Crippen molar-refractivity contribution >= 4 is 37.8 Å². The third-order valence-electron chi connectivity index (χ3n) is 1.94. The van der Waals surface area contributed by atoms with Crippen LogP contribution in [0.1, 0.15) is 5.56 Å². The molecule has 0 aliphatic carbocycles. The topological polar surface area (TPSA) is 35.5 Å². The van der Waals surface area contributed by atoms with Gasteiger partial charge in [0, 0.05) is 4.47 Å². The molecule has 1 atom stereocenters. The Morgan fingerprint density at radius 2 is 2.12 bits per heavy atom. The van der Waals surface area contributed by atoms with Crippen molar-refractivity contribution in [1.82, 2.24) is 0 Å². The molecule has 0 aliphatic rings. The summed E-state index contributed by atoms with van der Waals surface area (Å²) in [6.45, 7) is 0.745. The molecule has 1 aromatic carbocycles. The Morgan fingerprint density at radius 1 is 1.44 bits per heavy atom. The summed E-state index contributed by atoms with van der Waals surface area (Å²) in [5.41, 5.74) is 1.05. The summed E-state index contributed by atoms with van der Waals surface area (Å²) in [5.74, 6) is -0.327. The minimum atomic E-state index is -0.417. The van der Waals surface area contributed by atoms with Crippen LogP contribution in [-0.2, 0) is 20.9 Å². The first-order chi connectivity index (χ1) is 7.65. The molecule has 0 spiro atoms. The summed E-state index contributed by atoms with van der Waals surface area (Å²) in [5, 5.41) is 0. The molecule has 1 aromatic rings. The van der Waals surface area contributed by atoms with Crippen LogP contribution in [-0.4, -0.2) is 24.5 Å². The number of halogens is 2. The van der Waals surface area contributed by atoms with Crippen LogP contribution in [0.5, 0.6) is 0 Å². The molecular formula is C11H12Br2O3. The number of hydrogen-bond acceptors (Lipinski definition) is 3. The van der Waals surface area contributed by atoms with Gasteiger partial charge in [0.1, 0.15) is 4.83 Å². The molecule has 1 rings (SSSR count). The number of alkyl halides is 1. The fraction of sp³-hybridized carbons (Fsp3) is 0.364. The highest BCUT2D eigenvalue weighted by molar-refractivity contribution is 9.10. The molecule has 0 amide bonds. The molecule has 0 fully saturated rings. The Kier molecular flexibility index (Phi) is 6.01. The van der Waals surface area contributed by atoms with Crippen molar-refractivity contribution in [2.24, 2.45) is 0 Å². The zero-order valence-electron chi connectivity index (χ0n) is 8.78. The molecule has 0 bridgehead atoms. The Labute approximate surface area is 111 Å². The summed E-state index contributed by atoms with van der Waals surface area (Å²) in [7, 11) is 1.35. The van der Waals surface area contributed by atoms with Crippen LogP contribution in [0.15, 0.2) is 28.7 Å². The van der Waals surface area contributed by atoms with E-state index in [1.807, 2.05) is 24.3 Å². The predicted octanol–water partition coefficient (Wildman–Crippen LogP) is 2.90. The molecule has 0 aliphatic heterocycles. The number of hydrogen-bond donors (Lipinski definition) is 0. The van der Waals surface area contributed by atoms with Gasteiger partial charge in [-0.25, -0.2) is 0 Å². The molecule has 0 heterocycles.